The highest BCUT2D eigenvalue weighted by Gasteiger charge is 2.30. The predicted molar refractivity (Wildman–Crippen MR) is 59.1 cm³/mol. The Bertz CT molecular complexity index is 579. The third kappa shape index (κ3) is 4.44. The van der Waals surface area contributed by atoms with Crippen LogP contribution in [0.4, 0.5) is 18.9 Å². The molecule has 0 spiro atoms. The first-order valence-electron chi connectivity index (χ1n) is 4.77. The van der Waals surface area contributed by atoms with Gasteiger partial charge in [0.2, 0.25) is 0 Å². The highest BCUT2D eigenvalue weighted by atomic mass is 32.2. The fraction of sp³-hybridized carbons (Fsp3) is 0.375. The van der Waals surface area contributed by atoms with Crippen molar-refractivity contribution in [3.05, 3.63) is 17.5 Å². The van der Waals surface area contributed by atoms with E-state index in [0.29, 0.717) is 0 Å². The molecule has 0 aliphatic carbocycles. The standard InChI is InChI=1S/C8H10F3N3O4S/c1-4-6(7(15)16)5(2-12-4)14-19(17,18)13-3-8(9,10)11/h2,12-14H,3H2,1H3,(H,15,16). The van der Waals surface area contributed by atoms with Gasteiger partial charge in [-0.25, -0.2) is 4.79 Å². The molecular weight excluding hydrogens is 291 g/mol. The van der Waals surface area contributed by atoms with Crippen LogP contribution in [0.3, 0.4) is 0 Å². The lowest BCUT2D eigenvalue weighted by atomic mass is 10.2. The molecule has 0 atom stereocenters. The van der Waals surface area contributed by atoms with E-state index in [1.54, 1.807) is 4.72 Å². The van der Waals surface area contributed by atoms with Crippen LogP contribution < -0.4 is 9.44 Å². The summed E-state index contributed by atoms with van der Waals surface area (Å²) in [5.74, 6) is -1.41. The van der Waals surface area contributed by atoms with E-state index >= 15 is 0 Å². The van der Waals surface area contributed by atoms with E-state index in [9.17, 15) is 26.4 Å². The highest BCUT2D eigenvalue weighted by Crippen LogP contribution is 2.20. The Labute approximate surface area is 106 Å². The van der Waals surface area contributed by atoms with Crippen LogP contribution in [0.1, 0.15) is 16.1 Å². The Hall–Kier alpha value is -1.75. The van der Waals surface area contributed by atoms with Gasteiger partial charge in [-0.2, -0.15) is 26.3 Å². The molecule has 0 fully saturated rings. The van der Waals surface area contributed by atoms with Crippen LogP contribution in [-0.4, -0.2) is 37.2 Å². The average molecular weight is 301 g/mol. The first kappa shape index (κ1) is 15.3. The second-order valence-corrected chi connectivity index (χ2v) is 5.05. The van der Waals surface area contributed by atoms with Crippen molar-refractivity contribution in [2.75, 3.05) is 11.3 Å². The van der Waals surface area contributed by atoms with Gasteiger partial charge in [0.1, 0.15) is 12.1 Å². The number of aromatic amines is 1. The molecule has 11 heteroatoms. The van der Waals surface area contributed by atoms with E-state index < -0.39 is 28.9 Å². The van der Waals surface area contributed by atoms with Crippen molar-refractivity contribution in [3.8, 4) is 0 Å². The number of rotatable bonds is 5. The number of aromatic nitrogens is 1. The first-order valence-corrected chi connectivity index (χ1v) is 6.25. The zero-order valence-corrected chi connectivity index (χ0v) is 10.3. The zero-order valence-electron chi connectivity index (χ0n) is 9.50. The van der Waals surface area contributed by atoms with Crippen molar-refractivity contribution in [2.45, 2.75) is 13.1 Å². The lowest BCUT2D eigenvalue weighted by Gasteiger charge is -2.10. The number of carbonyl (C=O) groups is 1. The quantitative estimate of drug-likeness (QED) is 0.645. The molecule has 0 saturated carbocycles. The maximum atomic E-state index is 11.9. The van der Waals surface area contributed by atoms with Gasteiger partial charge >= 0.3 is 12.1 Å². The maximum Gasteiger partial charge on any atom is 0.402 e. The van der Waals surface area contributed by atoms with Crippen molar-refractivity contribution < 1.29 is 31.5 Å². The minimum Gasteiger partial charge on any atom is -0.478 e. The Morgan fingerprint density at radius 3 is 2.53 bits per heavy atom. The van der Waals surface area contributed by atoms with Crippen LogP contribution >= 0.6 is 0 Å². The van der Waals surface area contributed by atoms with Crippen molar-refractivity contribution in [3.63, 3.8) is 0 Å². The summed E-state index contributed by atoms with van der Waals surface area (Å²) in [6, 6.07) is 0. The predicted octanol–water partition coefficient (Wildman–Crippen LogP) is 0.830. The second-order valence-electron chi connectivity index (χ2n) is 3.55. The van der Waals surface area contributed by atoms with E-state index in [1.807, 2.05) is 0 Å². The van der Waals surface area contributed by atoms with Crippen LogP contribution in [0.5, 0.6) is 0 Å². The molecule has 0 aromatic carbocycles. The molecule has 1 aromatic heterocycles. The number of hydrogen-bond donors (Lipinski definition) is 4. The molecule has 0 aliphatic heterocycles. The summed E-state index contributed by atoms with van der Waals surface area (Å²) in [6.45, 7) is -0.376. The van der Waals surface area contributed by atoms with Gasteiger partial charge in [-0.1, -0.05) is 0 Å². The number of aryl methyl sites for hydroxylation is 1. The fourth-order valence-electron chi connectivity index (χ4n) is 1.24. The van der Waals surface area contributed by atoms with Crippen LogP contribution in [0.15, 0.2) is 6.20 Å². The molecule has 0 aliphatic rings. The molecule has 7 nitrogen and oxygen atoms in total. The average Bonchev–Trinajstić information content (AvgIpc) is 2.55. The van der Waals surface area contributed by atoms with Gasteiger partial charge in [-0.05, 0) is 6.92 Å². The Morgan fingerprint density at radius 2 is 2.05 bits per heavy atom. The number of anilines is 1. The van der Waals surface area contributed by atoms with Crippen LogP contribution in [0.2, 0.25) is 0 Å². The largest absolute Gasteiger partial charge is 0.478 e. The molecule has 1 heterocycles. The van der Waals surface area contributed by atoms with Gasteiger partial charge in [0.05, 0.1) is 5.69 Å². The third-order valence-corrected chi connectivity index (χ3v) is 3.01. The third-order valence-electron chi connectivity index (χ3n) is 2.00. The Balaban J connectivity index is 2.88. The molecule has 0 saturated heterocycles. The molecule has 0 bridgehead atoms. The lowest BCUT2D eigenvalue weighted by molar-refractivity contribution is -0.121. The molecular formula is C8H10F3N3O4S. The van der Waals surface area contributed by atoms with E-state index in [1.165, 1.54) is 11.6 Å². The van der Waals surface area contributed by atoms with E-state index in [4.69, 9.17) is 5.11 Å². The number of nitrogens with one attached hydrogen (secondary N) is 3. The zero-order chi connectivity index (χ0) is 14.8. The normalized spacial score (nSPS) is 12.4. The summed E-state index contributed by atoms with van der Waals surface area (Å²) in [4.78, 5) is 13.3. The van der Waals surface area contributed by atoms with Gasteiger partial charge in [0.25, 0.3) is 10.2 Å². The molecule has 1 aromatic rings. The number of H-pyrrole nitrogens is 1. The molecule has 0 radical (unpaired) electrons. The minimum absolute atomic E-state index is 0.168. The van der Waals surface area contributed by atoms with Gasteiger partial charge in [-0.15, -0.1) is 0 Å². The van der Waals surface area contributed by atoms with Crippen molar-refractivity contribution in [1.29, 1.82) is 0 Å². The number of carboxylic acids is 1. The molecule has 4 N–H and O–H groups in total. The summed E-state index contributed by atoms with van der Waals surface area (Å²) >= 11 is 0. The fourth-order valence-corrected chi connectivity index (χ4v) is 2.12. The van der Waals surface area contributed by atoms with Crippen molar-refractivity contribution in [2.24, 2.45) is 0 Å². The summed E-state index contributed by atoms with van der Waals surface area (Å²) in [7, 11) is -4.51. The SMILES string of the molecule is Cc1[nH]cc(NS(=O)(=O)NCC(F)(F)F)c1C(=O)O. The van der Waals surface area contributed by atoms with E-state index in [-0.39, 0.29) is 16.9 Å². The van der Waals surface area contributed by atoms with Gasteiger partial charge in [-0.3, -0.25) is 4.72 Å². The lowest BCUT2D eigenvalue weighted by Crippen LogP contribution is -2.37. The number of carboxylic acid groups (broad SMARTS) is 1. The molecule has 108 valence electrons. The van der Waals surface area contributed by atoms with E-state index in [2.05, 4.69) is 4.98 Å². The van der Waals surface area contributed by atoms with Gasteiger partial charge < -0.3 is 10.1 Å². The monoisotopic (exact) mass is 301 g/mol. The Morgan fingerprint density at radius 1 is 1.47 bits per heavy atom. The highest BCUT2D eigenvalue weighted by molar-refractivity contribution is 7.90. The smallest absolute Gasteiger partial charge is 0.402 e. The Kier molecular flexibility index (Phi) is 4.10. The van der Waals surface area contributed by atoms with Crippen LogP contribution in [0.25, 0.3) is 0 Å². The van der Waals surface area contributed by atoms with Gasteiger partial charge in [0, 0.05) is 11.9 Å². The molecule has 0 unspecified atom stereocenters. The van der Waals surface area contributed by atoms with Crippen LogP contribution in [-0.2, 0) is 10.2 Å². The number of halogens is 3. The van der Waals surface area contributed by atoms with E-state index in [0.717, 1.165) is 6.20 Å². The summed E-state index contributed by atoms with van der Waals surface area (Å²) in [6.07, 6.45) is -3.68. The summed E-state index contributed by atoms with van der Waals surface area (Å²) in [5.41, 5.74) is -0.543. The minimum atomic E-state index is -4.71. The van der Waals surface area contributed by atoms with Crippen LogP contribution in [0, 0.1) is 6.92 Å². The van der Waals surface area contributed by atoms with Crippen molar-refractivity contribution >= 4 is 21.9 Å². The topological polar surface area (TPSA) is 111 Å². The number of alkyl halides is 3. The molecule has 19 heavy (non-hydrogen) atoms. The number of hydrogen-bond acceptors (Lipinski definition) is 3. The summed E-state index contributed by atoms with van der Waals surface area (Å²) < 4.78 is 61.2. The van der Waals surface area contributed by atoms with Crippen molar-refractivity contribution in [1.82, 2.24) is 9.71 Å². The van der Waals surface area contributed by atoms with Gasteiger partial charge in [0.15, 0.2) is 0 Å². The molecule has 0 amide bonds. The molecule has 1 rings (SSSR count). The maximum absolute atomic E-state index is 11.9. The number of aromatic carboxylic acids is 1. The first-order chi connectivity index (χ1) is 8.52. The second kappa shape index (κ2) is 5.09. The summed E-state index contributed by atoms with van der Waals surface area (Å²) in [5, 5.41) is 8.84.